The molecule has 3 aromatic heterocycles. The molecule has 5 aromatic rings. The smallest absolute Gasteiger partial charge is 0.224 e. The van der Waals surface area contributed by atoms with E-state index in [-0.39, 0.29) is 0 Å². The lowest BCUT2D eigenvalue weighted by molar-refractivity contribution is 0.313. The number of hydrogen-bond acceptors (Lipinski definition) is 7. The molecule has 176 valence electrons. The number of hydrogen-bond donors (Lipinski definition) is 2. The zero-order valence-corrected chi connectivity index (χ0v) is 19.8. The summed E-state index contributed by atoms with van der Waals surface area (Å²) >= 11 is 0. The van der Waals surface area contributed by atoms with Crippen molar-refractivity contribution in [1.29, 1.82) is 0 Å². The molecule has 0 radical (unpaired) electrons. The Morgan fingerprint density at radius 2 is 1.83 bits per heavy atom. The molecule has 0 saturated carbocycles. The Morgan fingerprint density at radius 1 is 0.943 bits per heavy atom. The summed E-state index contributed by atoms with van der Waals surface area (Å²) in [6.45, 7) is 4.26. The number of piperazine rings is 1. The van der Waals surface area contributed by atoms with E-state index in [0.717, 1.165) is 70.7 Å². The number of H-pyrrole nitrogens is 1. The Balaban J connectivity index is 1.27. The molecule has 1 fully saturated rings. The first-order valence-electron chi connectivity index (χ1n) is 11.8. The highest BCUT2D eigenvalue weighted by Gasteiger charge is 2.15. The van der Waals surface area contributed by atoms with E-state index in [1.165, 1.54) is 12.0 Å². The highest BCUT2D eigenvalue weighted by molar-refractivity contribution is 5.97. The number of rotatable bonds is 5. The van der Waals surface area contributed by atoms with Gasteiger partial charge in [0.1, 0.15) is 17.8 Å². The monoisotopic (exact) mass is 465 g/mol. The summed E-state index contributed by atoms with van der Waals surface area (Å²) in [5.74, 6) is 1.37. The van der Waals surface area contributed by atoms with Crippen LogP contribution in [0, 0.1) is 0 Å². The summed E-state index contributed by atoms with van der Waals surface area (Å²) in [6.07, 6.45) is 3.51. The van der Waals surface area contributed by atoms with Gasteiger partial charge in [-0.1, -0.05) is 12.1 Å². The van der Waals surface area contributed by atoms with Crippen molar-refractivity contribution in [3.05, 3.63) is 67.1 Å². The molecular formula is C27H27N7O. The maximum absolute atomic E-state index is 5.43. The summed E-state index contributed by atoms with van der Waals surface area (Å²) in [4.78, 5) is 21.5. The first-order chi connectivity index (χ1) is 17.2. The van der Waals surface area contributed by atoms with Crippen LogP contribution in [0.4, 0.5) is 17.2 Å². The van der Waals surface area contributed by atoms with Crippen LogP contribution in [0.15, 0.2) is 67.1 Å². The van der Waals surface area contributed by atoms with Gasteiger partial charge >= 0.3 is 0 Å². The number of benzene rings is 2. The number of methoxy groups -OCH3 is 1. The largest absolute Gasteiger partial charge is 0.480 e. The van der Waals surface area contributed by atoms with Gasteiger partial charge in [-0.3, -0.25) is 0 Å². The molecule has 1 saturated heterocycles. The average Bonchev–Trinajstić information content (AvgIpc) is 3.32. The highest BCUT2D eigenvalue weighted by atomic mass is 16.5. The van der Waals surface area contributed by atoms with Gasteiger partial charge in [0.25, 0.3) is 0 Å². The molecule has 0 bridgehead atoms. The quantitative estimate of drug-likeness (QED) is 0.390. The molecule has 6 rings (SSSR count). The second kappa shape index (κ2) is 8.88. The molecule has 2 N–H and O–H groups in total. The summed E-state index contributed by atoms with van der Waals surface area (Å²) in [5.41, 5.74) is 6.08. The fourth-order valence-corrected chi connectivity index (χ4v) is 4.67. The van der Waals surface area contributed by atoms with E-state index in [0.29, 0.717) is 5.88 Å². The zero-order valence-electron chi connectivity index (χ0n) is 19.8. The first-order valence-corrected chi connectivity index (χ1v) is 11.8. The van der Waals surface area contributed by atoms with Gasteiger partial charge in [0.15, 0.2) is 0 Å². The molecule has 1 aliphatic rings. The summed E-state index contributed by atoms with van der Waals surface area (Å²) < 4.78 is 5.43. The molecule has 2 aromatic carbocycles. The van der Waals surface area contributed by atoms with Crippen LogP contribution in [0.3, 0.4) is 0 Å². The van der Waals surface area contributed by atoms with Gasteiger partial charge in [0.05, 0.1) is 18.0 Å². The number of ether oxygens (including phenoxy) is 1. The van der Waals surface area contributed by atoms with Crippen molar-refractivity contribution < 1.29 is 4.74 Å². The number of aromatic nitrogens is 4. The van der Waals surface area contributed by atoms with Crippen LogP contribution < -0.4 is 15.0 Å². The Kier molecular flexibility index (Phi) is 5.42. The molecular weight excluding hydrogens is 438 g/mol. The Labute approximate surface area is 203 Å². The standard InChI is InChI=1S/C27H27N7O/c1-33-10-12-34(13-11-33)20-5-3-4-19(15-20)31-25-9-7-21-23(16-28-26(21)32-25)18-6-8-24-22(14-18)27(35-2)30-17-29-24/h3-9,14-17H,10-13H2,1-2H3,(H2,28,31,32). The maximum atomic E-state index is 5.43. The molecule has 8 heteroatoms. The minimum Gasteiger partial charge on any atom is -0.480 e. The van der Waals surface area contributed by atoms with Crippen LogP contribution in [0.1, 0.15) is 0 Å². The van der Waals surface area contributed by atoms with Gasteiger partial charge in [-0.15, -0.1) is 0 Å². The Morgan fingerprint density at radius 3 is 2.69 bits per heavy atom. The molecule has 0 aliphatic carbocycles. The van der Waals surface area contributed by atoms with Crippen molar-refractivity contribution in [2.45, 2.75) is 0 Å². The van der Waals surface area contributed by atoms with Crippen LogP contribution in [-0.2, 0) is 0 Å². The highest BCUT2D eigenvalue weighted by Crippen LogP contribution is 2.33. The van der Waals surface area contributed by atoms with Crippen molar-refractivity contribution in [3.63, 3.8) is 0 Å². The first kappa shape index (κ1) is 21.4. The predicted octanol–water partition coefficient (Wildman–Crippen LogP) is 4.68. The lowest BCUT2D eigenvalue weighted by Gasteiger charge is -2.34. The third kappa shape index (κ3) is 4.13. The van der Waals surface area contributed by atoms with E-state index in [1.54, 1.807) is 7.11 Å². The SMILES string of the molecule is COc1ncnc2ccc(-c3c[nH]c4nc(Nc5cccc(N6CCN(C)CC6)c5)ccc34)cc12. The number of anilines is 3. The Hall–Kier alpha value is -4.17. The average molecular weight is 466 g/mol. The lowest BCUT2D eigenvalue weighted by Crippen LogP contribution is -2.44. The van der Waals surface area contributed by atoms with E-state index < -0.39 is 0 Å². The molecule has 0 atom stereocenters. The predicted molar refractivity (Wildman–Crippen MR) is 141 cm³/mol. The van der Waals surface area contributed by atoms with Crippen LogP contribution >= 0.6 is 0 Å². The molecule has 8 nitrogen and oxygen atoms in total. The van der Waals surface area contributed by atoms with Crippen LogP contribution in [0.25, 0.3) is 33.1 Å². The van der Waals surface area contributed by atoms with Gasteiger partial charge in [0.2, 0.25) is 5.88 Å². The van der Waals surface area contributed by atoms with Crippen LogP contribution in [-0.4, -0.2) is 65.2 Å². The summed E-state index contributed by atoms with van der Waals surface area (Å²) in [5, 5.41) is 5.41. The summed E-state index contributed by atoms with van der Waals surface area (Å²) in [7, 11) is 3.80. The van der Waals surface area contributed by atoms with Gasteiger partial charge in [-0.2, -0.15) is 0 Å². The van der Waals surface area contributed by atoms with E-state index in [9.17, 15) is 0 Å². The number of likely N-dealkylation sites (N-methyl/N-ethyl adjacent to an activating group) is 1. The Bertz CT molecular complexity index is 1500. The molecule has 35 heavy (non-hydrogen) atoms. The third-order valence-electron chi connectivity index (χ3n) is 6.63. The molecule has 0 unspecified atom stereocenters. The van der Waals surface area contributed by atoms with E-state index >= 15 is 0 Å². The van der Waals surface area contributed by atoms with Gasteiger partial charge in [0, 0.05) is 54.7 Å². The lowest BCUT2D eigenvalue weighted by atomic mass is 10.0. The fraction of sp³-hybridized carbons (Fsp3) is 0.222. The maximum Gasteiger partial charge on any atom is 0.224 e. The van der Waals surface area contributed by atoms with Crippen molar-refractivity contribution in [2.75, 3.05) is 50.6 Å². The van der Waals surface area contributed by atoms with E-state index in [4.69, 9.17) is 9.72 Å². The van der Waals surface area contributed by atoms with Gasteiger partial charge in [-0.25, -0.2) is 15.0 Å². The normalized spacial score (nSPS) is 14.5. The van der Waals surface area contributed by atoms with Crippen molar-refractivity contribution >= 4 is 39.1 Å². The minimum atomic E-state index is 0.570. The number of nitrogens with one attached hydrogen (secondary N) is 2. The van der Waals surface area contributed by atoms with E-state index in [2.05, 4.69) is 79.6 Å². The van der Waals surface area contributed by atoms with E-state index in [1.807, 2.05) is 18.3 Å². The number of fused-ring (bicyclic) bond motifs is 2. The second-order valence-corrected chi connectivity index (χ2v) is 8.88. The number of aromatic amines is 1. The van der Waals surface area contributed by atoms with Gasteiger partial charge < -0.3 is 24.8 Å². The van der Waals surface area contributed by atoms with Crippen molar-refractivity contribution in [3.8, 4) is 17.0 Å². The van der Waals surface area contributed by atoms with Crippen molar-refractivity contribution in [1.82, 2.24) is 24.8 Å². The minimum absolute atomic E-state index is 0.570. The van der Waals surface area contributed by atoms with Gasteiger partial charge in [-0.05, 0) is 55.1 Å². The van der Waals surface area contributed by atoms with Crippen molar-refractivity contribution in [2.24, 2.45) is 0 Å². The molecule has 0 amide bonds. The zero-order chi connectivity index (χ0) is 23.8. The molecule has 0 spiro atoms. The van der Waals surface area contributed by atoms with Crippen LogP contribution in [0.5, 0.6) is 5.88 Å². The molecule has 4 heterocycles. The topological polar surface area (TPSA) is 82.2 Å². The molecule has 1 aliphatic heterocycles. The summed E-state index contributed by atoms with van der Waals surface area (Å²) in [6, 6.07) is 18.8. The number of pyridine rings is 1. The second-order valence-electron chi connectivity index (χ2n) is 8.88. The third-order valence-corrected chi connectivity index (χ3v) is 6.63. The fourth-order valence-electron chi connectivity index (χ4n) is 4.67. The number of nitrogens with zero attached hydrogens (tertiary/aromatic N) is 5. The van der Waals surface area contributed by atoms with Crippen LogP contribution in [0.2, 0.25) is 0 Å².